The molecule has 1 aliphatic rings. The van der Waals surface area contributed by atoms with Gasteiger partial charge in [0.15, 0.2) is 0 Å². The third-order valence-corrected chi connectivity index (χ3v) is 3.25. The number of carboxylic acids is 1. The highest BCUT2D eigenvalue weighted by atomic mass is 16.5. The quantitative estimate of drug-likeness (QED) is 0.892. The first-order chi connectivity index (χ1) is 9.02. The summed E-state index contributed by atoms with van der Waals surface area (Å²) in [6.45, 7) is 0.370. The Hall–Kier alpha value is -2.24. The predicted octanol–water partition coefficient (Wildman–Crippen LogP) is 1.41. The van der Waals surface area contributed by atoms with Crippen LogP contribution < -0.4 is 9.64 Å². The number of carbonyl (C=O) groups is 2. The van der Waals surface area contributed by atoms with Gasteiger partial charge in [0.25, 0.3) is 0 Å². The van der Waals surface area contributed by atoms with E-state index < -0.39 is 5.97 Å². The van der Waals surface area contributed by atoms with E-state index in [9.17, 15) is 9.59 Å². The molecule has 2 amide bonds. The summed E-state index contributed by atoms with van der Waals surface area (Å²) >= 11 is 0. The second-order valence-corrected chi connectivity index (χ2v) is 4.46. The number of carboxylic acid groups (broad SMARTS) is 1. The third-order valence-electron chi connectivity index (χ3n) is 3.25. The van der Waals surface area contributed by atoms with Crippen molar-refractivity contribution in [1.82, 2.24) is 4.90 Å². The Kier molecular flexibility index (Phi) is 3.59. The van der Waals surface area contributed by atoms with Crippen LogP contribution in [0, 0.1) is 0 Å². The summed E-state index contributed by atoms with van der Waals surface area (Å²) < 4.78 is 5.12. The van der Waals surface area contributed by atoms with Crippen LogP contribution in [-0.2, 0) is 4.79 Å². The molecule has 1 atom stereocenters. The van der Waals surface area contributed by atoms with E-state index in [1.54, 1.807) is 43.3 Å². The van der Waals surface area contributed by atoms with Gasteiger partial charge in [-0.3, -0.25) is 9.69 Å². The molecule has 0 aromatic heterocycles. The van der Waals surface area contributed by atoms with Crippen molar-refractivity contribution in [3.63, 3.8) is 0 Å². The number of hydrogen-bond acceptors (Lipinski definition) is 3. The Balaban J connectivity index is 2.21. The van der Waals surface area contributed by atoms with Crippen molar-refractivity contribution in [2.24, 2.45) is 0 Å². The second kappa shape index (κ2) is 5.17. The number of urea groups is 1. The number of rotatable bonds is 4. The molecule has 0 bridgehead atoms. The average Bonchev–Trinajstić information content (AvgIpc) is 2.67. The number of likely N-dealkylation sites (N-methyl/N-ethyl adjacent to an activating group) is 1. The second-order valence-electron chi connectivity index (χ2n) is 4.46. The van der Waals surface area contributed by atoms with E-state index in [0.29, 0.717) is 18.0 Å². The van der Waals surface area contributed by atoms with Crippen LogP contribution in [0.3, 0.4) is 0 Å². The van der Waals surface area contributed by atoms with Crippen LogP contribution in [0.15, 0.2) is 24.3 Å². The first-order valence-electron chi connectivity index (χ1n) is 5.93. The van der Waals surface area contributed by atoms with Crippen molar-refractivity contribution in [2.75, 3.05) is 25.6 Å². The summed E-state index contributed by atoms with van der Waals surface area (Å²) in [5.74, 6) is -0.244. The van der Waals surface area contributed by atoms with Crippen molar-refractivity contribution in [1.29, 1.82) is 0 Å². The summed E-state index contributed by atoms with van der Waals surface area (Å²) in [5.41, 5.74) is 0.712. The molecule has 1 aliphatic heterocycles. The van der Waals surface area contributed by atoms with E-state index in [1.165, 1.54) is 4.90 Å². The number of methoxy groups -OCH3 is 1. The first-order valence-corrected chi connectivity index (χ1v) is 5.93. The van der Waals surface area contributed by atoms with Gasteiger partial charge in [-0.1, -0.05) is 6.07 Å². The lowest BCUT2D eigenvalue weighted by Crippen LogP contribution is -2.32. The Morgan fingerprint density at radius 3 is 2.89 bits per heavy atom. The molecule has 1 aromatic carbocycles. The molecule has 102 valence electrons. The van der Waals surface area contributed by atoms with Crippen molar-refractivity contribution in [3.05, 3.63) is 24.3 Å². The van der Waals surface area contributed by atoms with E-state index in [4.69, 9.17) is 9.84 Å². The topological polar surface area (TPSA) is 70.1 Å². The summed E-state index contributed by atoms with van der Waals surface area (Å²) in [4.78, 5) is 25.9. The molecule has 6 nitrogen and oxygen atoms in total. The Morgan fingerprint density at radius 2 is 2.26 bits per heavy atom. The van der Waals surface area contributed by atoms with Crippen molar-refractivity contribution < 1.29 is 19.4 Å². The van der Waals surface area contributed by atoms with Gasteiger partial charge in [-0.05, 0) is 12.1 Å². The van der Waals surface area contributed by atoms with Gasteiger partial charge in [0.05, 0.1) is 19.6 Å². The number of carbonyl (C=O) groups excluding carboxylic acids is 1. The standard InChI is InChI=1S/C13H16N2O4/c1-14-10(7-12(16)17)8-15(13(14)18)9-4-3-5-11(6-9)19-2/h3-6,10H,7-8H2,1-2H3,(H,16,17). The lowest BCUT2D eigenvalue weighted by Gasteiger charge is -2.16. The van der Waals surface area contributed by atoms with Crippen LogP contribution >= 0.6 is 0 Å². The zero-order chi connectivity index (χ0) is 14.0. The van der Waals surface area contributed by atoms with Crippen molar-refractivity contribution >= 4 is 17.7 Å². The van der Waals surface area contributed by atoms with Crippen molar-refractivity contribution in [3.8, 4) is 5.75 Å². The molecule has 1 heterocycles. The van der Waals surface area contributed by atoms with Crippen LogP contribution in [0.2, 0.25) is 0 Å². The molecule has 0 saturated carbocycles. The zero-order valence-corrected chi connectivity index (χ0v) is 10.9. The minimum absolute atomic E-state index is 0.0529. The van der Waals surface area contributed by atoms with Crippen LogP contribution in [-0.4, -0.2) is 48.8 Å². The van der Waals surface area contributed by atoms with E-state index in [0.717, 1.165) is 0 Å². The lowest BCUT2D eigenvalue weighted by molar-refractivity contribution is -0.137. The predicted molar refractivity (Wildman–Crippen MR) is 69.5 cm³/mol. The molecule has 0 aliphatic carbocycles. The molecule has 1 aromatic rings. The minimum Gasteiger partial charge on any atom is -0.497 e. The first kappa shape index (κ1) is 13.2. The smallest absolute Gasteiger partial charge is 0.324 e. The molecular weight excluding hydrogens is 248 g/mol. The van der Waals surface area contributed by atoms with E-state index in [2.05, 4.69) is 0 Å². The summed E-state index contributed by atoms with van der Waals surface area (Å²) in [6.07, 6.45) is -0.0529. The molecule has 0 radical (unpaired) electrons. The maximum absolute atomic E-state index is 12.1. The number of hydrogen-bond donors (Lipinski definition) is 1. The molecule has 2 rings (SSSR count). The highest BCUT2D eigenvalue weighted by Gasteiger charge is 2.36. The van der Waals surface area contributed by atoms with Gasteiger partial charge in [-0.15, -0.1) is 0 Å². The molecule has 1 unspecified atom stereocenters. The van der Waals surface area contributed by atoms with Gasteiger partial charge >= 0.3 is 12.0 Å². The monoisotopic (exact) mass is 264 g/mol. The number of amides is 2. The van der Waals surface area contributed by atoms with Crippen LogP contribution in [0.1, 0.15) is 6.42 Å². The largest absolute Gasteiger partial charge is 0.497 e. The van der Waals surface area contributed by atoms with E-state index in [-0.39, 0.29) is 18.5 Å². The summed E-state index contributed by atoms with van der Waals surface area (Å²) in [6, 6.07) is 6.65. The van der Waals surface area contributed by atoms with E-state index >= 15 is 0 Å². The molecule has 1 N–H and O–H groups in total. The van der Waals surface area contributed by atoms with E-state index in [1.807, 2.05) is 0 Å². The molecule has 1 fully saturated rings. The molecule has 0 spiro atoms. The van der Waals surface area contributed by atoms with Crippen LogP contribution in [0.4, 0.5) is 10.5 Å². The Labute approximate surface area is 111 Å². The highest BCUT2D eigenvalue weighted by Crippen LogP contribution is 2.27. The number of aliphatic carboxylic acids is 1. The molecular formula is C13H16N2O4. The highest BCUT2D eigenvalue weighted by molar-refractivity contribution is 5.95. The fraction of sp³-hybridized carbons (Fsp3) is 0.385. The number of anilines is 1. The lowest BCUT2D eigenvalue weighted by atomic mass is 10.2. The van der Waals surface area contributed by atoms with Gasteiger partial charge in [-0.2, -0.15) is 0 Å². The van der Waals surface area contributed by atoms with Crippen LogP contribution in [0.5, 0.6) is 5.75 Å². The van der Waals surface area contributed by atoms with Gasteiger partial charge in [0.1, 0.15) is 5.75 Å². The minimum atomic E-state index is -0.905. The zero-order valence-electron chi connectivity index (χ0n) is 10.9. The van der Waals surface area contributed by atoms with Gasteiger partial charge in [0.2, 0.25) is 0 Å². The average molecular weight is 264 g/mol. The normalized spacial score (nSPS) is 18.8. The number of benzene rings is 1. The fourth-order valence-corrected chi connectivity index (χ4v) is 2.16. The van der Waals surface area contributed by atoms with Crippen LogP contribution in [0.25, 0.3) is 0 Å². The Bertz CT molecular complexity index is 503. The maximum Gasteiger partial charge on any atom is 0.324 e. The fourth-order valence-electron chi connectivity index (χ4n) is 2.16. The third kappa shape index (κ3) is 2.62. The van der Waals surface area contributed by atoms with Gasteiger partial charge in [0, 0.05) is 25.3 Å². The van der Waals surface area contributed by atoms with Gasteiger partial charge in [-0.25, -0.2) is 4.79 Å². The van der Waals surface area contributed by atoms with Crippen molar-refractivity contribution in [2.45, 2.75) is 12.5 Å². The molecule has 19 heavy (non-hydrogen) atoms. The molecule has 1 saturated heterocycles. The number of ether oxygens (including phenoxy) is 1. The Morgan fingerprint density at radius 1 is 1.53 bits per heavy atom. The number of nitrogens with zero attached hydrogens (tertiary/aromatic N) is 2. The summed E-state index contributed by atoms with van der Waals surface area (Å²) in [7, 11) is 3.18. The summed E-state index contributed by atoms with van der Waals surface area (Å²) in [5, 5.41) is 8.84. The van der Waals surface area contributed by atoms with Gasteiger partial charge < -0.3 is 14.7 Å². The SMILES string of the molecule is COc1cccc(N2CC(CC(=O)O)N(C)C2=O)c1. The maximum atomic E-state index is 12.1. The molecule has 6 heteroatoms.